The third-order valence-electron chi connectivity index (χ3n) is 7.05. The van der Waals surface area contributed by atoms with Crippen LogP contribution in [0, 0.1) is 5.41 Å². The Morgan fingerprint density at radius 1 is 1.03 bits per heavy atom. The van der Waals surface area contributed by atoms with Gasteiger partial charge < -0.3 is 25.2 Å². The Labute approximate surface area is 191 Å². The van der Waals surface area contributed by atoms with Gasteiger partial charge in [-0.1, -0.05) is 48.5 Å². The number of likely N-dealkylation sites (tertiary alicyclic amines) is 1. The lowest BCUT2D eigenvalue weighted by Crippen LogP contribution is -2.47. The molecule has 0 bridgehead atoms. The number of aliphatic hydroxyl groups excluding tert-OH is 1. The molecule has 1 saturated carbocycles. The Morgan fingerprint density at radius 3 is 2.21 bits per heavy atom. The quantitative estimate of drug-likeness (QED) is 0.622. The molecule has 2 aliphatic carbocycles. The van der Waals surface area contributed by atoms with Gasteiger partial charge in [0.2, 0.25) is 5.91 Å². The van der Waals surface area contributed by atoms with E-state index < -0.39 is 29.6 Å². The van der Waals surface area contributed by atoms with Crippen molar-refractivity contribution in [3.05, 3.63) is 59.7 Å². The number of carbonyl (C=O) groups is 3. The van der Waals surface area contributed by atoms with E-state index in [0.717, 1.165) is 22.3 Å². The molecule has 2 fully saturated rings. The third kappa shape index (κ3) is 3.84. The summed E-state index contributed by atoms with van der Waals surface area (Å²) in [4.78, 5) is 38.2. The van der Waals surface area contributed by atoms with Crippen molar-refractivity contribution < 1.29 is 29.3 Å². The first-order chi connectivity index (χ1) is 15.9. The minimum atomic E-state index is -1.12. The number of nitrogens with one attached hydrogen (secondary N) is 1. The molecule has 8 heteroatoms. The average Bonchev–Trinajstić information content (AvgIpc) is 3.41. The van der Waals surface area contributed by atoms with Crippen molar-refractivity contribution in [1.82, 2.24) is 10.2 Å². The molecule has 3 aliphatic rings. The molecule has 2 amide bonds. The normalized spacial score (nSPS) is 22.4. The number of carboxylic acid groups (broad SMARTS) is 1. The van der Waals surface area contributed by atoms with Crippen molar-refractivity contribution >= 4 is 18.0 Å². The van der Waals surface area contributed by atoms with Crippen molar-refractivity contribution in [3.63, 3.8) is 0 Å². The minimum Gasteiger partial charge on any atom is -0.480 e. The van der Waals surface area contributed by atoms with Gasteiger partial charge in [-0.05, 0) is 35.1 Å². The van der Waals surface area contributed by atoms with Crippen LogP contribution in [-0.4, -0.2) is 64.9 Å². The number of hydrogen-bond donors (Lipinski definition) is 3. The zero-order chi connectivity index (χ0) is 23.2. The second kappa shape index (κ2) is 8.19. The smallest absolute Gasteiger partial charge is 0.407 e. The van der Waals surface area contributed by atoms with E-state index in [0.29, 0.717) is 12.8 Å². The van der Waals surface area contributed by atoms with Gasteiger partial charge >= 0.3 is 12.1 Å². The second-order valence-electron chi connectivity index (χ2n) is 9.16. The maximum Gasteiger partial charge on any atom is 0.407 e. The van der Waals surface area contributed by atoms with Crippen LogP contribution in [0.3, 0.4) is 0 Å². The zero-order valence-electron chi connectivity index (χ0n) is 18.1. The molecule has 2 aromatic carbocycles. The number of alkyl carbamates (subject to hydrolysis) is 1. The fourth-order valence-corrected chi connectivity index (χ4v) is 5.08. The minimum absolute atomic E-state index is 0.00247. The SMILES string of the molecule is O=C(NCC1(C(=O)N2C[C@@H](O)C[C@H]2C(=O)O)CC1)OCC1c2ccccc2-c2ccccc21. The van der Waals surface area contributed by atoms with Crippen LogP contribution in [-0.2, 0) is 14.3 Å². The molecule has 1 saturated heterocycles. The van der Waals surface area contributed by atoms with Gasteiger partial charge in [-0.3, -0.25) is 4.79 Å². The number of fused-ring (bicyclic) bond motifs is 3. The van der Waals surface area contributed by atoms with E-state index in [1.165, 1.54) is 4.90 Å². The molecule has 0 aromatic heterocycles. The first kappa shape index (κ1) is 21.5. The fourth-order valence-electron chi connectivity index (χ4n) is 5.08. The second-order valence-corrected chi connectivity index (χ2v) is 9.16. The lowest BCUT2D eigenvalue weighted by Gasteiger charge is -2.26. The number of amides is 2. The Morgan fingerprint density at radius 2 is 1.64 bits per heavy atom. The average molecular weight is 450 g/mol. The van der Waals surface area contributed by atoms with Crippen LogP contribution in [0.4, 0.5) is 4.79 Å². The third-order valence-corrected chi connectivity index (χ3v) is 7.05. The highest BCUT2D eigenvalue weighted by Gasteiger charge is 2.55. The van der Waals surface area contributed by atoms with Gasteiger partial charge in [0.25, 0.3) is 0 Å². The molecule has 1 heterocycles. The van der Waals surface area contributed by atoms with E-state index in [4.69, 9.17) is 4.74 Å². The molecule has 8 nitrogen and oxygen atoms in total. The van der Waals surface area contributed by atoms with E-state index >= 15 is 0 Å². The van der Waals surface area contributed by atoms with E-state index in [9.17, 15) is 24.6 Å². The number of β-amino-alcohol motifs (C(OH)–C–C–N with tert-alkyl or cyclic N) is 1. The maximum atomic E-state index is 13.0. The van der Waals surface area contributed by atoms with Crippen LogP contribution in [0.1, 0.15) is 36.3 Å². The van der Waals surface area contributed by atoms with Gasteiger partial charge in [0.05, 0.1) is 11.5 Å². The van der Waals surface area contributed by atoms with Crippen molar-refractivity contribution in [2.24, 2.45) is 5.41 Å². The highest BCUT2D eigenvalue weighted by atomic mass is 16.5. The summed E-state index contributed by atoms with van der Waals surface area (Å²) < 4.78 is 5.54. The summed E-state index contributed by atoms with van der Waals surface area (Å²) in [6.45, 7) is 0.268. The standard InChI is InChI=1S/C25H26N2O6/c28-15-11-21(22(29)30)27(12-15)23(31)25(9-10-25)14-26-24(32)33-13-20-18-7-3-1-5-16(18)17-6-2-4-8-19(17)20/h1-8,15,20-21,28H,9-14H2,(H,26,32)(H,29,30)/t15-,21-/m0/s1. The molecule has 3 N–H and O–H groups in total. The number of carbonyl (C=O) groups excluding carboxylic acids is 2. The predicted molar refractivity (Wildman–Crippen MR) is 118 cm³/mol. The summed E-state index contributed by atoms with van der Waals surface area (Å²) in [6, 6.07) is 15.1. The van der Waals surface area contributed by atoms with E-state index in [-0.39, 0.29) is 37.9 Å². The number of rotatable bonds is 6. The summed E-state index contributed by atoms with van der Waals surface area (Å²) in [5.41, 5.74) is 3.71. The number of hydrogen-bond acceptors (Lipinski definition) is 5. The van der Waals surface area contributed by atoms with Gasteiger partial charge in [0.1, 0.15) is 12.6 Å². The summed E-state index contributed by atoms with van der Waals surface area (Å²) >= 11 is 0. The number of aliphatic hydroxyl groups is 1. The topological polar surface area (TPSA) is 116 Å². The van der Waals surface area contributed by atoms with Gasteiger partial charge in [-0.2, -0.15) is 0 Å². The van der Waals surface area contributed by atoms with Crippen molar-refractivity contribution in [1.29, 1.82) is 0 Å². The Hall–Kier alpha value is -3.39. The summed E-state index contributed by atoms with van der Waals surface area (Å²) in [6.07, 6.45) is -0.298. The molecule has 1 aliphatic heterocycles. The highest BCUT2D eigenvalue weighted by molar-refractivity contribution is 5.90. The maximum absolute atomic E-state index is 13.0. The molecule has 5 rings (SSSR count). The molecule has 2 aromatic rings. The van der Waals surface area contributed by atoms with Gasteiger partial charge in [-0.15, -0.1) is 0 Å². The van der Waals surface area contributed by atoms with Crippen molar-refractivity contribution in [2.75, 3.05) is 19.7 Å². The van der Waals surface area contributed by atoms with Crippen LogP contribution < -0.4 is 5.32 Å². The lowest BCUT2D eigenvalue weighted by molar-refractivity contribution is -0.150. The fraction of sp³-hybridized carbons (Fsp3) is 0.400. The van der Waals surface area contributed by atoms with E-state index in [1.807, 2.05) is 36.4 Å². The largest absolute Gasteiger partial charge is 0.480 e. The van der Waals surface area contributed by atoms with Crippen LogP contribution in [0.2, 0.25) is 0 Å². The van der Waals surface area contributed by atoms with Crippen LogP contribution in [0.15, 0.2) is 48.5 Å². The van der Waals surface area contributed by atoms with Gasteiger partial charge in [-0.25, -0.2) is 9.59 Å². The van der Waals surface area contributed by atoms with E-state index in [1.54, 1.807) is 0 Å². The van der Waals surface area contributed by atoms with Crippen LogP contribution in [0.5, 0.6) is 0 Å². The number of carboxylic acids is 1. The Balaban J connectivity index is 1.20. The molecular formula is C25H26N2O6. The van der Waals surface area contributed by atoms with Crippen LogP contribution >= 0.6 is 0 Å². The Kier molecular flexibility index (Phi) is 5.32. The molecule has 33 heavy (non-hydrogen) atoms. The summed E-state index contributed by atoms with van der Waals surface area (Å²) in [7, 11) is 0. The van der Waals surface area contributed by atoms with Crippen molar-refractivity contribution in [2.45, 2.75) is 37.3 Å². The number of aliphatic carboxylic acids is 1. The Bertz CT molecular complexity index is 1070. The van der Waals surface area contributed by atoms with Gasteiger partial charge in [0, 0.05) is 25.4 Å². The highest BCUT2D eigenvalue weighted by Crippen LogP contribution is 2.48. The number of nitrogens with zero attached hydrogens (tertiary/aromatic N) is 1. The monoisotopic (exact) mass is 450 g/mol. The van der Waals surface area contributed by atoms with Crippen molar-refractivity contribution in [3.8, 4) is 11.1 Å². The van der Waals surface area contributed by atoms with Gasteiger partial charge in [0.15, 0.2) is 0 Å². The zero-order valence-corrected chi connectivity index (χ0v) is 18.1. The first-order valence-electron chi connectivity index (χ1n) is 11.2. The summed E-state index contributed by atoms with van der Waals surface area (Å²) in [5, 5.41) is 21.9. The molecule has 2 atom stereocenters. The molecule has 172 valence electrons. The summed E-state index contributed by atoms with van der Waals surface area (Å²) in [5.74, 6) is -1.51. The first-order valence-corrected chi connectivity index (χ1v) is 11.2. The van der Waals surface area contributed by atoms with Crippen LogP contribution in [0.25, 0.3) is 11.1 Å². The lowest BCUT2D eigenvalue weighted by atomic mass is 9.98. The molecule has 0 unspecified atom stereocenters. The molecule has 0 radical (unpaired) electrons. The molecular weight excluding hydrogens is 424 g/mol. The van der Waals surface area contributed by atoms with E-state index in [2.05, 4.69) is 17.4 Å². The number of benzene rings is 2. The molecule has 0 spiro atoms. The number of ether oxygens (including phenoxy) is 1. The predicted octanol–water partition coefficient (Wildman–Crippen LogP) is 2.35.